The second-order valence-electron chi connectivity index (χ2n) is 5.74. The molecule has 0 radical (unpaired) electrons. The molecular formula is C15H17F3N4O2S. The van der Waals surface area contributed by atoms with Gasteiger partial charge in [0.25, 0.3) is 0 Å². The maximum Gasteiger partial charge on any atom is 0.333 e. The van der Waals surface area contributed by atoms with Crippen molar-refractivity contribution in [3.63, 3.8) is 0 Å². The molecule has 0 spiro atoms. The number of halogens is 3. The predicted octanol–water partition coefficient (Wildman–Crippen LogP) is 1.92. The Bertz CT molecular complexity index is 833. The van der Waals surface area contributed by atoms with Crippen LogP contribution in [0.2, 0.25) is 0 Å². The second kappa shape index (κ2) is 7.14. The third kappa shape index (κ3) is 4.02. The molecule has 1 aliphatic heterocycles. The molecule has 0 amide bonds. The van der Waals surface area contributed by atoms with E-state index in [1.54, 1.807) is 6.07 Å². The first kappa shape index (κ1) is 17.9. The summed E-state index contributed by atoms with van der Waals surface area (Å²) in [5.41, 5.74) is 0.814. The van der Waals surface area contributed by atoms with Crippen LogP contribution in [0.15, 0.2) is 41.6 Å². The Hall–Kier alpha value is -1.91. The topological polar surface area (TPSA) is 58.4 Å². The minimum Gasteiger partial charge on any atom is -0.296 e. The van der Waals surface area contributed by atoms with E-state index in [1.807, 2.05) is 11.0 Å². The summed E-state index contributed by atoms with van der Waals surface area (Å²) in [6.07, 6.45) is 1.76. The largest absolute Gasteiger partial charge is 0.333 e. The monoisotopic (exact) mass is 374 g/mol. The van der Waals surface area contributed by atoms with Gasteiger partial charge in [-0.2, -0.15) is 18.2 Å². The van der Waals surface area contributed by atoms with Gasteiger partial charge in [-0.15, -0.1) is 0 Å². The van der Waals surface area contributed by atoms with Crippen LogP contribution in [0, 0.1) is 5.82 Å². The van der Waals surface area contributed by atoms with Gasteiger partial charge in [0.05, 0.1) is 12.4 Å². The summed E-state index contributed by atoms with van der Waals surface area (Å²) in [6, 6.07) is 6.26. The fourth-order valence-electron chi connectivity index (χ4n) is 2.73. The van der Waals surface area contributed by atoms with Crippen LogP contribution in [-0.2, 0) is 16.6 Å². The minimum atomic E-state index is -3.85. The van der Waals surface area contributed by atoms with Gasteiger partial charge < -0.3 is 0 Å². The molecule has 0 atom stereocenters. The van der Waals surface area contributed by atoms with Crippen molar-refractivity contribution in [3.05, 3.63) is 48.0 Å². The molecule has 1 aliphatic rings. The van der Waals surface area contributed by atoms with E-state index in [0.717, 1.165) is 18.0 Å². The minimum absolute atomic E-state index is 0.234. The zero-order chi connectivity index (χ0) is 18.0. The van der Waals surface area contributed by atoms with Gasteiger partial charge in [0.2, 0.25) is 10.0 Å². The first-order chi connectivity index (χ1) is 11.9. The van der Waals surface area contributed by atoms with Gasteiger partial charge in [0, 0.05) is 32.7 Å². The lowest BCUT2D eigenvalue weighted by Gasteiger charge is -2.33. The van der Waals surface area contributed by atoms with E-state index in [0.29, 0.717) is 24.3 Å². The Kier molecular flexibility index (Phi) is 5.11. The van der Waals surface area contributed by atoms with E-state index in [1.165, 1.54) is 16.4 Å². The fourth-order valence-corrected chi connectivity index (χ4v) is 4.09. The van der Waals surface area contributed by atoms with Crippen molar-refractivity contribution in [1.29, 1.82) is 0 Å². The van der Waals surface area contributed by atoms with E-state index >= 15 is 0 Å². The lowest BCUT2D eigenvalue weighted by molar-refractivity contribution is 0.0563. The molecule has 0 N–H and O–H groups in total. The maximum absolute atomic E-state index is 13.2. The molecule has 136 valence electrons. The van der Waals surface area contributed by atoms with Crippen LogP contribution in [0.25, 0.3) is 0 Å². The number of hydrogen-bond acceptors (Lipinski definition) is 4. The van der Waals surface area contributed by atoms with E-state index < -0.39 is 16.6 Å². The Labute approximate surface area is 143 Å². The quantitative estimate of drug-likeness (QED) is 0.803. The van der Waals surface area contributed by atoms with Gasteiger partial charge >= 0.3 is 6.55 Å². The number of nitrogens with zero attached hydrogens (tertiary/aromatic N) is 4. The van der Waals surface area contributed by atoms with Crippen molar-refractivity contribution < 1.29 is 21.6 Å². The lowest BCUT2D eigenvalue weighted by atomic mass is 10.2. The Morgan fingerprint density at radius 3 is 2.48 bits per heavy atom. The number of piperazine rings is 1. The first-order valence-electron chi connectivity index (χ1n) is 7.65. The summed E-state index contributed by atoms with van der Waals surface area (Å²) in [5.74, 6) is -0.310. The smallest absolute Gasteiger partial charge is 0.296 e. The molecule has 1 aromatic heterocycles. The molecule has 0 aliphatic carbocycles. The number of hydrogen-bond donors (Lipinski definition) is 0. The second-order valence-corrected chi connectivity index (χ2v) is 7.68. The third-order valence-corrected chi connectivity index (χ3v) is 5.89. The molecule has 6 nitrogen and oxygen atoms in total. The van der Waals surface area contributed by atoms with E-state index in [4.69, 9.17) is 0 Å². The van der Waals surface area contributed by atoms with Gasteiger partial charge in [-0.25, -0.2) is 17.5 Å². The van der Waals surface area contributed by atoms with Crippen molar-refractivity contribution in [1.82, 2.24) is 19.0 Å². The summed E-state index contributed by atoms with van der Waals surface area (Å²) < 4.78 is 64.9. The molecule has 0 saturated carbocycles. The van der Waals surface area contributed by atoms with Gasteiger partial charge in [-0.1, -0.05) is 12.1 Å². The highest BCUT2D eigenvalue weighted by molar-refractivity contribution is 7.89. The highest BCUT2D eigenvalue weighted by Crippen LogP contribution is 2.20. The number of sulfonamides is 1. The van der Waals surface area contributed by atoms with Crippen LogP contribution in [-0.4, -0.2) is 53.6 Å². The number of aromatic nitrogens is 2. The standard InChI is InChI=1S/C15H17F3N4O2S/c16-13-3-1-2-12(8-13)10-20-4-6-21(7-5-20)25(23,24)14-9-19-22(11-14)15(17)18/h1-3,8-9,11,15H,4-7,10H2. The van der Waals surface area contributed by atoms with E-state index in [9.17, 15) is 21.6 Å². The Balaban J connectivity index is 1.62. The summed E-state index contributed by atoms with van der Waals surface area (Å²) in [7, 11) is -3.85. The average Bonchev–Trinajstić information content (AvgIpc) is 3.06. The third-order valence-electron chi connectivity index (χ3n) is 4.04. The molecular weight excluding hydrogens is 357 g/mol. The molecule has 10 heteroatoms. The molecule has 2 aromatic rings. The molecule has 1 saturated heterocycles. The van der Waals surface area contributed by atoms with Crippen LogP contribution in [0.1, 0.15) is 12.1 Å². The van der Waals surface area contributed by atoms with Crippen LogP contribution >= 0.6 is 0 Å². The molecule has 0 bridgehead atoms. The van der Waals surface area contributed by atoms with Crippen LogP contribution in [0.4, 0.5) is 13.2 Å². The van der Waals surface area contributed by atoms with E-state index in [-0.39, 0.29) is 23.8 Å². The molecule has 25 heavy (non-hydrogen) atoms. The van der Waals surface area contributed by atoms with Crippen molar-refractivity contribution >= 4 is 10.0 Å². The number of alkyl halides is 2. The van der Waals surface area contributed by atoms with Crippen molar-refractivity contribution in [3.8, 4) is 0 Å². The Morgan fingerprint density at radius 2 is 1.88 bits per heavy atom. The SMILES string of the molecule is O=S(=O)(c1cnn(C(F)F)c1)N1CCN(Cc2cccc(F)c2)CC1. The maximum atomic E-state index is 13.2. The molecule has 1 fully saturated rings. The summed E-state index contributed by atoms with van der Waals surface area (Å²) in [5, 5.41) is 3.37. The summed E-state index contributed by atoms with van der Waals surface area (Å²) >= 11 is 0. The Morgan fingerprint density at radius 1 is 1.16 bits per heavy atom. The predicted molar refractivity (Wildman–Crippen MR) is 83.9 cm³/mol. The van der Waals surface area contributed by atoms with Crippen LogP contribution < -0.4 is 0 Å². The average molecular weight is 374 g/mol. The van der Waals surface area contributed by atoms with E-state index in [2.05, 4.69) is 5.10 Å². The zero-order valence-corrected chi connectivity index (χ0v) is 14.0. The zero-order valence-electron chi connectivity index (χ0n) is 13.2. The van der Waals surface area contributed by atoms with Crippen molar-refractivity contribution in [2.75, 3.05) is 26.2 Å². The lowest BCUT2D eigenvalue weighted by Crippen LogP contribution is -2.48. The van der Waals surface area contributed by atoms with Crippen LogP contribution in [0.3, 0.4) is 0 Å². The highest BCUT2D eigenvalue weighted by atomic mass is 32.2. The molecule has 3 rings (SSSR count). The first-order valence-corrected chi connectivity index (χ1v) is 9.09. The molecule has 2 heterocycles. The molecule has 1 aromatic carbocycles. The fraction of sp³-hybridized carbons (Fsp3) is 0.400. The summed E-state index contributed by atoms with van der Waals surface area (Å²) in [6.45, 7) is -0.950. The highest BCUT2D eigenvalue weighted by Gasteiger charge is 2.30. The summed E-state index contributed by atoms with van der Waals surface area (Å²) in [4.78, 5) is 1.77. The van der Waals surface area contributed by atoms with Gasteiger partial charge in [0.15, 0.2) is 0 Å². The van der Waals surface area contributed by atoms with Gasteiger partial charge in [-0.05, 0) is 17.7 Å². The van der Waals surface area contributed by atoms with Gasteiger partial charge in [-0.3, -0.25) is 4.90 Å². The number of benzene rings is 1. The van der Waals surface area contributed by atoms with Crippen LogP contribution in [0.5, 0.6) is 0 Å². The van der Waals surface area contributed by atoms with Crippen molar-refractivity contribution in [2.24, 2.45) is 0 Å². The molecule has 0 unspecified atom stereocenters. The number of rotatable bonds is 5. The van der Waals surface area contributed by atoms with Gasteiger partial charge in [0.1, 0.15) is 10.7 Å². The normalized spacial score (nSPS) is 17.3. The van der Waals surface area contributed by atoms with Crippen molar-refractivity contribution in [2.45, 2.75) is 18.0 Å².